The van der Waals surface area contributed by atoms with Crippen molar-refractivity contribution < 1.29 is 4.79 Å². The minimum absolute atomic E-state index is 0.0256. The second-order valence-corrected chi connectivity index (χ2v) is 6.24. The van der Waals surface area contributed by atoms with Crippen molar-refractivity contribution in [1.29, 1.82) is 0 Å². The summed E-state index contributed by atoms with van der Waals surface area (Å²) < 4.78 is 0. The molecule has 1 aliphatic rings. The second kappa shape index (κ2) is 7.98. The van der Waals surface area contributed by atoms with Crippen LogP contribution in [0.2, 0.25) is 0 Å². The van der Waals surface area contributed by atoms with Gasteiger partial charge in [-0.15, -0.1) is 0 Å². The molecule has 1 amide bonds. The van der Waals surface area contributed by atoms with Crippen molar-refractivity contribution in [2.45, 2.75) is 45.1 Å². The van der Waals surface area contributed by atoms with Crippen molar-refractivity contribution in [2.24, 2.45) is 17.6 Å². The zero-order valence-electron chi connectivity index (χ0n) is 11.1. The summed E-state index contributed by atoms with van der Waals surface area (Å²) in [5.41, 5.74) is 5.82. The van der Waals surface area contributed by atoms with Gasteiger partial charge in [-0.2, -0.15) is 11.8 Å². The van der Waals surface area contributed by atoms with Crippen LogP contribution in [0.15, 0.2) is 0 Å². The largest absolute Gasteiger partial charge is 0.354 e. The fourth-order valence-electron chi connectivity index (χ4n) is 2.29. The molecule has 1 atom stereocenters. The molecule has 1 aliphatic carbocycles. The number of hydrogen-bond donors (Lipinski definition) is 2. The van der Waals surface area contributed by atoms with Crippen LogP contribution in [-0.2, 0) is 4.79 Å². The molecule has 0 unspecified atom stereocenters. The Balaban J connectivity index is 2.14. The van der Waals surface area contributed by atoms with Gasteiger partial charge in [0.05, 0.1) is 6.04 Å². The smallest absolute Gasteiger partial charge is 0.236 e. The Kier molecular flexibility index (Phi) is 6.97. The highest BCUT2D eigenvalue weighted by molar-refractivity contribution is 7.98. The maximum absolute atomic E-state index is 11.7. The van der Waals surface area contributed by atoms with Gasteiger partial charge in [-0.1, -0.05) is 19.8 Å². The van der Waals surface area contributed by atoms with Crippen molar-refractivity contribution >= 4 is 17.7 Å². The first-order chi connectivity index (χ1) is 8.13. The molecular formula is C13H26N2OS. The third-order valence-corrected chi connectivity index (χ3v) is 4.31. The van der Waals surface area contributed by atoms with Gasteiger partial charge in [-0.25, -0.2) is 0 Å². The van der Waals surface area contributed by atoms with Crippen LogP contribution in [-0.4, -0.2) is 30.5 Å². The highest BCUT2D eigenvalue weighted by Crippen LogP contribution is 2.27. The first-order valence-electron chi connectivity index (χ1n) is 6.65. The van der Waals surface area contributed by atoms with Crippen molar-refractivity contribution in [3.63, 3.8) is 0 Å². The molecular weight excluding hydrogens is 232 g/mol. The number of nitrogens with one attached hydrogen (secondary N) is 1. The Morgan fingerprint density at radius 1 is 1.41 bits per heavy atom. The molecule has 1 fully saturated rings. The molecule has 0 aromatic heterocycles. The third kappa shape index (κ3) is 5.77. The first kappa shape index (κ1) is 14.8. The Hall–Kier alpha value is -0.220. The number of rotatable bonds is 6. The molecule has 0 saturated heterocycles. The Labute approximate surface area is 109 Å². The topological polar surface area (TPSA) is 55.1 Å². The van der Waals surface area contributed by atoms with E-state index < -0.39 is 0 Å². The van der Waals surface area contributed by atoms with Crippen LogP contribution in [0.25, 0.3) is 0 Å². The average molecular weight is 258 g/mol. The monoisotopic (exact) mass is 258 g/mol. The van der Waals surface area contributed by atoms with Crippen LogP contribution in [0.4, 0.5) is 0 Å². The highest BCUT2D eigenvalue weighted by Gasteiger charge is 2.20. The first-order valence-corrected chi connectivity index (χ1v) is 8.05. The molecule has 3 nitrogen and oxygen atoms in total. The minimum Gasteiger partial charge on any atom is -0.354 e. The maximum Gasteiger partial charge on any atom is 0.236 e. The lowest BCUT2D eigenvalue weighted by Gasteiger charge is -2.26. The van der Waals surface area contributed by atoms with Gasteiger partial charge in [0, 0.05) is 6.54 Å². The number of carbonyl (C=O) groups excluding carboxylic acids is 1. The molecule has 0 aliphatic heterocycles. The fourth-order valence-corrected chi connectivity index (χ4v) is 2.77. The summed E-state index contributed by atoms with van der Waals surface area (Å²) >= 11 is 1.73. The molecule has 17 heavy (non-hydrogen) atoms. The van der Waals surface area contributed by atoms with Crippen LogP contribution in [0.5, 0.6) is 0 Å². The fraction of sp³-hybridized carbons (Fsp3) is 0.923. The van der Waals surface area contributed by atoms with Gasteiger partial charge in [0.1, 0.15) is 0 Å². The Morgan fingerprint density at radius 3 is 2.65 bits per heavy atom. The van der Waals surface area contributed by atoms with Gasteiger partial charge < -0.3 is 11.1 Å². The molecule has 3 N–H and O–H groups in total. The highest BCUT2D eigenvalue weighted by atomic mass is 32.2. The lowest BCUT2D eigenvalue weighted by atomic mass is 9.83. The van der Waals surface area contributed by atoms with Crippen LogP contribution in [0.3, 0.4) is 0 Å². The Morgan fingerprint density at radius 2 is 2.06 bits per heavy atom. The van der Waals surface area contributed by atoms with E-state index in [-0.39, 0.29) is 11.9 Å². The predicted molar refractivity (Wildman–Crippen MR) is 75.1 cm³/mol. The molecule has 0 spiro atoms. The summed E-state index contributed by atoms with van der Waals surface area (Å²) in [5.74, 6) is 2.52. The number of hydrogen-bond acceptors (Lipinski definition) is 3. The van der Waals surface area contributed by atoms with E-state index in [4.69, 9.17) is 5.73 Å². The molecule has 0 radical (unpaired) electrons. The van der Waals surface area contributed by atoms with E-state index in [0.717, 1.165) is 24.6 Å². The Bertz CT molecular complexity index is 227. The molecule has 0 aromatic carbocycles. The molecule has 100 valence electrons. The molecule has 0 bridgehead atoms. The van der Waals surface area contributed by atoms with Crippen LogP contribution in [0, 0.1) is 11.8 Å². The van der Waals surface area contributed by atoms with Crippen LogP contribution < -0.4 is 11.1 Å². The number of thioether (sulfide) groups is 1. The van der Waals surface area contributed by atoms with E-state index >= 15 is 0 Å². The quantitative estimate of drug-likeness (QED) is 0.766. The predicted octanol–water partition coefficient (Wildman–Crippen LogP) is 2.01. The molecule has 0 heterocycles. The lowest BCUT2D eigenvalue weighted by molar-refractivity contribution is -0.122. The van der Waals surface area contributed by atoms with Gasteiger partial charge >= 0.3 is 0 Å². The minimum atomic E-state index is -0.329. The second-order valence-electron chi connectivity index (χ2n) is 5.26. The number of carbonyl (C=O) groups is 1. The van der Waals surface area contributed by atoms with E-state index in [2.05, 4.69) is 12.2 Å². The van der Waals surface area contributed by atoms with E-state index in [9.17, 15) is 4.79 Å². The molecule has 0 aromatic rings. The van der Waals surface area contributed by atoms with Crippen LogP contribution in [0.1, 0.15) is 39.0 Å². The third-order valence-electron chi connectivity index (χ3n) is 3.67. The summed E-state index contributed by atoms with van der Waals surface area (Å²) in [4.78, 5) is 11.7. The lowest BCUT2D eigenvalue weighted by Crippen LogP contribution is -2.43. The SMILES string of the molecule is CSCC[C@@H](N)C(=O)NCC1CCC(C)CC1. The molecule has 4 heteroatoms. The summed E-state index contributed by atoms with van der Waals surface area (Å²) in [5, 5.41) is 3.00. The van der Waals surface area contributed by atoms with Gasteiger partial charge in [-0.05, 0) is 43.1 Å². The van der Waals surface area contributed by atoms with Crippen molar-refractivity contribution in [3.8, 4) is 0 Å². The number of nitrogens with two attached hydrogens (primary N) is 1. The van der Waals surface area contributed by atoms with E-state index in [1.54, 1.807) is 11.8 Å². The molecule has 1 saturated carbocycles. The van der Waals surface area contributed by atoms with E-state index in [1.165, 1.54) is 25.7 Å². The average Bonchev–Trinajstić information content (AvgIpc) is 2.34. The summed E-state index contributed by atoms with van der Waals surface area (Å²) in [6.45, 7) is 3.13. The van der Waals surface area contributed by atoms with E-state index in [1.807, 2.05) is 6.26 Å². The number of amides is 1. The van der Waals surface area contributed by atoms with Gasteiger partial charge in [0.2, 0.25) is 5.91 Å². The van der Waals surface area contributed by atoms with Gasteiger partial charge in [0.15, 0.2) is 0 Å². The van der Waals surface area contributed by atoms with Crippen LogP contribution >= 0.6 is 11.8 Å². The van der Waals surface area contributed by atoms with Crippen molar-refractivity contribution in [2.75, 3.05) is 18.6 Å². The summed E-state index contributed by atoms with van der Waals surface area (Å²) in [6.07, 6.45) is 7.92. The van der Waals surface area contributed by atoms with E-state index in [0.29, 0.717) is 5.92 Å². The maximum atomic E-state index is 11.7. The normalized spacial score (nSPS) is 26.5. The summed E-state index contributed by atoms with van der Waals surface area (Å²) in [7, 11) is 0. The van der Waals surface area contributed by atoms with Crippen molar-refractivity contribution in [3.05, 3.63) is 0 Å². The zero-order valence-corrected chi connectivity index (χ0v) is 11.9. The standard InChI is InChI=1S/C13H26N2OS/c1-10-3-5-11(6-4-10)9-15-13(16)12(14)7-8-17-2/h10-12H,3-9,14H2,1-2H3,(H,15,16)/t10?,11?,12-/m1/s1. The zero-order chi connectivity index (χ0) is 12.7. The van der Waals surface area contributed by atoms with Gasteiger partial charge in [-0.3, -0.25) is 4.79 Å². The van der Waals surface area contributed by atoms with Gasteiger partial charge in [0.25, 0.3) is 0 Å². The molecule has 1 rings (SSSR count). The van der Waals surface area contributed by atoms with Crippen molar-refractivity contribution in [1.82, 2.24) is 5.32 Å². The summed E-state index contributed by atoms with van der Waals surface area (Å²) in [6, 6.07) is -0.329.